The zero-order chi connectivity index (χ0) is 14.7. The largest absolute Gasteiger partial charge is 0.314 e. The Labute approximate surface area is 134 Å². The lowest BCUT2D eigenvalue weighted by atomic mass is 9.97. The van der Waals surface area contributed by atoms with Crippen LogP contribution in [0.5, 0.6) is 0 Å². The minimum absolute atomic E-state index is 0.0898. The van der Waals surface area contributed by atoms with Crippen LogP contribution in [0.25, 0.3) is 0 Å². The molecule has 1 aromatic carbocycles. The van der Waals surface area contributed by atoms with Crippen molar-refractivity contribution >= 4 is 23.2 Å². The van der Waals surface area contributed by atoms with Gasteiger partial charge in [-0.2, -0.15) is 0 Å². The lowest BCUT2D eigenvalue weighted by Crippen LogP contribution is -2.45. The van der Waals surface area contributed by atoms with Gasteiger partial charge in [0.2, 0.25) is 0 Å². The zero-order valence-electron chi connectivity index (χ0n) is 11.6. The van der Waals surface area contributed by atoms with Crippen LogP contribution in [0.1, 0.15) is 17.2 Å². The smallest absolute Gasteiger partial charge is 0.0643 e. The van der Waals surface area contributed by atoms with Crippen LogP contribution < -0.4 is 5.32 Å². The highest BCUT2D eigenvalue weighted by Gasteiger charge is 2.26. The van der Waals surface area contributed by atoms with Crippen LogP contribution in [0.4, 0.5) is 0 Å². The van der Waals surface area contributed by atoms with Gasteiger partial charge in [0.15, 0.2) is 0 Å². The van der Waals surface area contributed by atoms with Crippen LogP contribution in [0.3, 0.4) is 0 Å². The third-order valence-electron chi connectivity index (χ3n) is 3.79. The van der Waals surface area contributed by atoms with E-state index in [0.717, 1.165) is 37.3 Å². The van der Waals surface area contributed by atoms with E-state index in [-0.39, 0.29) is 6.04 Å². The summed E-state index contributed by atoms with van der Waals surface area (Å²) in [7, 11) is 0. The van der Waals surface area contributed by atoms with Crippen LogP contribution in [0.2, 0.25) is 10.0 Å². The Morgan fingerprint density at radius 3 is 2.62 bits per heavy atom. The Kier molecular flexibility index (Phi) is 4.76. The summed E-state index contributed by atoms with van der Waals surface area (Å²) in [5, 5.41) is 4.61. The maximum absolute atomic E-state index is 6.46. The Hall–Kier alpha value is -1.13. The summed E-state index contributed by atoms with van der Waals surface area (Å²) < 4.78 is 0. The Morgan fingerprint density at radius 1 is 1.10 bits per heavy atom. The molecule has 3 nitrogen and oxygen atoms in total. The van der Waals surface area contributed by atoms with Crippen molar-refractivity contribution in [3.8, 4) is 0 Å². The molecule has 0 aliphatic carbocycles. The summed E-state index contributed by atoms with van der Waals surface area (Å²) in [5.74, 6) is 0. The topological polar surface area (TPSA) is 28.2 Å². The fourth-order valence-electron chi connectivity index (χ4n) is 2.80. The van der Waals surface area contributed by atoms with Crippen molar-refractivity contribution in [1.82, 2.24) is 15.2 Å². The standard InChI is InChI=1S/C16H17Cl2N3/c17-14-5-1-4-13(15(14)18)16(12-3-2-6-20-11-12)21-9-7-19-8-10-21/h1-6,11,16,19H,7-10H2. The maximum Gasteiger partial charge on any atom is 0.0643 e. The predicted molar refractivity (Wildman–Crippen MR) is 87.0 cm³/mol. The number of hydrogen-bond acceptors (Lipinski definition) is 3. The number of nitrogens with zero attached hydrogens (tertiary/aromatic N) is 2. The first-order valence-electron chi connectivity index (χ1n) is 7.06. The minimum atomic E-state index is 0.0898. The summed E-state index contributed by atoms with van der Waals surface area (Å²) in [6, 6.07) is 9.97. The van der Waals surface area contributed by atoms with Crippen LogP contribution in [-0.2, 0) is 0 Å². The van der Waals surface area contributed by atoms with Crippen molar-refractivity contribution in [2.24, 2.45) is 0 Å². The van der Waals surface area contributed by atoms with Crippen molar-refractivity contribution in [1.29, 1.82) is 0 Å². The second kappa shape index (κ2) is 6.75. The number of aromatic nitrogens is 1. The molecule has 0 radical (unpaired) electrons. The Morgan fingerprint density at radius 2 is 1.90 bits per heavy atom. The third-order valence-corrected chi connectivity index (χ3v) is 4.63. The molecular formula is C16H17Cl2N3. The van der Waals surface area contributed by atoms with E-state index in [1.807, 2.05) is 30.5 Å². The summed E-state index contributed by atoms with van der Waals surface area (Å²) in [5.41, 5.74) is 2.18. The number of rotatable bonds is 3. The van der Waals surface area contributed by atoms with Gasteiger partial charge in [0.1, 0.15) is 0 Å². The molecule has 5 heteroatoms. The van der Waals surface area contributed by atoms with Gasteiger partial charge in [-0.15, -0.1) is 0 Å². The maximum atomic E-state index is 6.46. The van der Waals surface area contributed by atoms with Gasteiger partial charge >= 0.3 is 0 Å². The van der Waals surface area contributed by atoms with Gasteiger partial charge in [0, 0.05) is 38.6 Å². The monoisotopic (exact) mass is 321 g/mol. The molecule has 1 N–H and O–H groups in total. The predicted octanol–water partition coefficient (Wildman–Crippen LogP) is 3.38. The van der Waals surface area contributed by atoms with Crippen molar-refractivity contribution < 1.29 is 0 Å². The van der Waals surface area contributed by atoms with Gasteiger partial charge in [-0.3, -0.25) is 9.88 Å². The molecule has 1 saturated heterocycles. The van der Waals surface area contributed by atoms with Gasteiger partial charge < -0.3 is 5.32 Å². The van der Waals surface area contributed by atoms with Gasteiger partial charge in [0.25, 0.3) is 0 Å². The first-order valence-corrected chi connectivity index (χ1v) is 7.81. The second-order valence-electron chi connectivity index (χ2n) is 5.12. The van der Waals surface area contributed by atoms with Gasteiger partial charge in [0.05, 0.1) is 16.1 Å². The molecule has 1 aliphatic rings. The summed E-state index contributed by atoms with van der Waals surface area (Å²) in [4.78, 5) is 6.68. The van der Waals surface area contributed by atoms with Crippen molar-refractivity contribution in [3.05, 3.63) is 63.9 Å². The number of benzene rings is 1. The SMILES string of the molecule is Clc1cccc(C(c2cccnc2)N2CCNCC2)c1Cl. The highest BCUT2D eigenvalue weighted by atomic mass is 35.5. The number of halogens is 2. The molecule has 21 heavy (non-hydrogen) atoms. The molecule has 0 amide bonds. The summed E-state index contributed by atoms with van der Waals surface area (Å²) >= 11 is 12.7. The molecule has 3 rings (SSSR count). The van der Waals surface area contributed by atoms with Crippen molar-refractivity contribution in [3.63, 3.8) is 0 Å². The Balaban J connectivity index is 2.05. The molecule has 2 aromatic rings. The van der Waals surface area contributed by atoms with Gasteiger partial charge in [-0.05, 0) is 23.3 Å². The van der Waals surface area contributed by atoms with Gasteiger partial charge in [-0.1, -0.05) is 41.4 Å². The first kappa shape index (κ1) is 14.8. The molecule has 1 atom stereocenters. The molecule has 110 valence electrons. The highest BCUT2D eigenvalue weighted by molar-refractivity contribution is 6.42. The average molecular weight is 322 g/mol. The lowest BCUT2D eigenvalue weighted by molar-refractivity contribution is 0.198. The molecule has 0 saturated carbocycles. The van der Waals surface area contributed by atoms with Crippen LogP contribution in [-0.4, -0.2) is 36.1 Å². The molecular weight excluding hydrogens is 305 g/mol. The molecule has 2 heterocycles. The number of nitrogens with one attached hydrogen (secondary N) is 1. The van der Waals surface area contributed by atoms with E-state index in [4.69, 9.17) is 23.2 Å². The Bertz CT molecular complexity index is 598. The molecule has 1 aromatic heterocycles. The van der Waals surface area contributed by atoms with E-state index in [1.165, 1.54) is 0 Å². The fourth-order valence-corrected chi connectivity index (χ4v) is 3.21. The molecule has 1 unspecified atom stereocenters. The molecule has 1 fully saturated rings. The highest BCUT2D eigenvalue weighted by Crippen LogP contribution is 2.36. The zero-order valence-corrected chi connectivity index (χ0v) is 13.1. The average Bonchev–Trinajstić information content (AvgIpc) is 2.54. The van der Waals surface area contributed by atoms with Crippen molar-refractivity contribution in [2.45, 2.75) is 6.04 Å². The number of pyridine rings is 1. The van der Waals surface area contributed by atoms with E-state index in [2.05, 4.69) is 21.3 Å². The normalized spacial score (nSPS) is 17.6. The van der Waals surface area contributed by atoms with Crippen LogP contribution in [0.15, 0.2) is 42.7 Å². The molecule has 0 bridgehead atoms. The minimum Gasteiger partial charge on any atom is -0.314 e. The number of piperazine rings is 1. The van der Waals surface area contributed by atoms with E-state index in [1.54, 1.807) is 6.20 Å². The lowest BCUT2D eigenvalue weighted by Gasteiger charge is -2.35. The summed E-state index contributed by atoms with van der Waals surface area (Å²) in [6.07, 6.45) is 3.70. The quantitative estimate of drug-likeness (QED) is 0.939. The third kappa shape index (κ3) is 3.22. The summed E-state index contributed by atoms with van der Waals surface area (Å²) in [6.45, 7) is 3.91. The van der Waals surface area contributed by atoms with Crippen LogP contribution >= 0.6 is 23.2 Å². The molecule has 0 spiro atoms. The first-order chi connectivity index (χ1) is 10.3. The van der Waals surface area contributed by atoms with Gasteiger partial charge in [-0.25, -0.2) is 0 Å². The second-order valence-corrected chi connectivity index (χ2v) is 5.90. The van der Waals surface area contributed by atoms with Crippen molar-refractivity contribution in [2.75, 3.05) is 26.2 Å². The molecule has 1 aliphatic heterocycles. The van der Waals surface area contributed by atoms with E-state index in [9.17, 15) is 0 Å². The number of hydrogen-bond donors (Lipinski definition) is 1. The van der Waals surface area contributed by atoms with E-state index < -0.39 is 0 Å². The van der Waals surface area contributed by atoms with Crippen LogP contribution in [0, 0.1) is 0 Å². The van der Waals surface area contributed by atoms with E-state index >= 15 is 0 Å². The van der Waals surface area contributed by atoms with E-state index in [0.29, 0.717) is 10.0 Å². The fraction of sp³-hybridized carbons (Fsp3) is 0.312.